The van der Waals surface area contributed by atoms with E-state index in [0.29, 0.717) is 43.0 Å². The van der Waals surface area contributed by atoms with Gasteiger partial charge in [0.1, 0.15) is 29.5 Å². The molecule has 258 valence electrons. The molecule has 1 aromatic carbocycles. The van der Waals surface area contributed by atoms with Crippen LogP contribution in [0.25, 0.3) is 10.9 Å². The number of thioether (sulfide) groups is 1. The van der Waals surface area contributed by atoms with Crippen molar-refractivity contribution in [1.29, 1.82) is 0 Å². The Kier molecular flexibility index (Phi) is 9.54. The SMILES string of the molecule is CCOc1cc(O[C@@H]2C[C@H](C(=O)N[C@]3(C(=O)NS(=O)(=O)C4(C)CC4)C[C@H]3CC)N(C(=O)[C@@H](O)C(C)(C)C)C2)c2cccc(SC)c2n1. The number of benzene rings is 1. The number of nitrogens with zero attached hydrogens (tertiary/aromatic N) is 2. The van der Waals surface area contributed by atoms with Crippen LogP contribution in [0.5, 0.6) is 11.6 Å². The van der Waals surface area contributed by atoms with E-state index in [-0.39, 0.29) is 25.3 Å². The largest absolute Gasteiger partial charge is 0.488 e. The van der Waals surface area contributed by atoms with Crippen molar-refractivity contribution in [3.8, 4) is 11.6 Å². The number of pyridine rings is 1. The maximum absolute atomic E-state index is 14.1. The lowest BCUT2D eigenvalue weighted by atomic mass is 9.88. The van der Waals surface area contributed by atoms with Gasteiger partial charge in [-0.2, -0.15) is 0 Å². The summed E-state index contributed by atoms with van der Waals surface area (Å²) >= 11 is 1.54. The van der Waals surface area contributed by atoms with E-state index in [9.17, 15) is 27.9 Å². The van der Waals surface area contributed by atoms with Gasteiger partial charge >= 0.3 is 0 Å². The highest BCUT2D eigenvalue weighted by Gasteiger charge is 2.63. The number of sulfonamides is 1. The summed E-state index contributed by atoms with van der Waals surface area (Å²) in [5.74, 6) is -1.41. The predicted molar refractivity (Wildman–Crippen MR) is 179 cm³/mol. The molecule has 12 nitrogen and oxygen atoms in total. The summed E-state index contributed by atoms with van der Waals surface area (Å²) in [4.78, 5) is 48.2. The molecule has 3 N–H and O–H groups in total. The highest BCUT2D eigenvalue weighted by Crippen LogP contribution is 2.48. The van der Waals surface area contributed by atoms with E-state index >= 15 is 0 Å². The second kappa shape index (κ2) is 12.7. The Bertz CT molecular complexity index is 1670. The minimum atomic E-state index is -3.93. The third-order valence-electron chi connectivity index (χ3n) is 9.63. The summed E-state index contributed by atoms with van der Waals surface area (Å²) in [7, 11) is -3.93. The van der Waals surface area contributed by atoms with E-state index in [1.807, 2.05) is 38.3 Å². The number of aliphatic hydroxyl groups excluding tert-OH is 1. The Morgan fingerprint density at radius 2 is 1.91 bits per heavy atom. The molecule has 0 bridgehead atoms. The van der Waals surface area contributed by atoms with Gasteiger partial charge in [-0.1, -0.05) is 40.2 Å². The van der Waals surface area contributed by atoms with Crippen LogP contribution in [-0.2, 0) is 24.4 Å². The van der Waals surface area contributed by atoms with E-state index in [1.165, 1.54) is 16.7 Å². The van der Waals surface area contributed by atoms with Crippen LogP contribution in [0.3, 0.4) is 0 Å². The van der Waals surface area contributed by atoms with Crippen molar-refractivity contribution >= 4 is 50.4 Å². The predicted octanol–water partition coefficient (Wildman–Crippen LogP) is 3.39. The van der Waals surface area contributed by atoms with Crippen LogP contribution < -0.4 is 19.5 Å². The molecule has 1 aliphatic heterocycles. The van der Waals surface area contributed by atoms with E-state index in [0.717, 1.165) is 10.3 Å². The number of para-hydroxylation sites is 1. The number of carbonyl (C=O) groups is 3. The van der Waals surface area contributed by atoms with Crippen LogP contribution in [-0.4, -0.2) is 89.1 Å². The first kappa shape index (κ1) is 35.2. The highest BCUT2D eigenvalue weighted by atomic mass is 32.2. The van der Waals surface area contributed by atoms with Crippen molar-refractivity contribution < 1.29 is 37.4 Å². The van der Waals surface area contributed by atoms with Crippen LogP contribution in [0.4, 0.5) is 0 Å². The average molecular weight is 691 g/mol. The zero-order valence-electron chi connectivity index (χ0n) is 28.1. The Balaban J connectivity index is 1.44. The van der Waals surface area contributed by atoms with Crippen LogP contribution in [0.1, 0.15) is 73.6 Å². The normalized spacial score (nSPS) is 25.6. The molecule has 1 saturated heterocycles. The topological polar surface area (TPSA) is 164 Å². The molecule has 1 aromatic heterocycles. The number of fused-ring (bicyclic) bond motifs is 1. The van der Waals surface area contributed by atoms with Crippen LogP contribution in [0.2, 0.25) is 0 Å². The molecule has 0 radical (unpaired) electrons. The summed E-state index contributed by atoms with van der Waals surface area (Å²) in [5, 5.41) is 14.6. The van der Waals surface area contributed by atoms with Gasteiger partial charge in [0.05, 0.1) is 23.4 Å². The van der Waals surface area contributed by atoms with Crippen molar-refractivity contribution in [2.45, 2.75) is 107 Å². The van der Waals surface area contributed by atoms with Crippen molar-refractivity contribution in [3.05, 3.63) is 24.3 Å². The number of hydrogen-bond acceptors (Lipinski definition) is 10. The molecule has 2 aromatic rings. The van der Waals surface area contributed by atoms with Crippen molar-refractivity contribution in [1.82, 2.24) is 19.9 Å². The zero-order chi connectivity index (χ0) is 34.5. The molecule has 2 heterocycles. The van der Waals surface area contributed by atoms with Crippen LogP contribution >= 0.6 is 11.8 Å². The molecule has 5 atom stereocenters. The zero-order valence-corrected chi connectivity index (χ0v) is 29.7. The fourth-order valence-electron chi connectivity index (χ4n) is 6.13. The molecule has 3 aliphatic rings. The quantitative estimate of drug-likeness (QED) is 0.281. The molecule has 2 saturated carbocycles. The molecule has 5 rings (SSSR count). The van der Waals surface area contributed by atoms with Gasteiger partial charge in [0.15, 0.2) is 0 Å². The lowest BCUT2D eigenvalue weighted by Gasteiger charge is -2.32. The average Bonchev–Trinajstić information content (AvgIpc) is 3.90. The molecule has 0 unspecified atom stereocenters. The Morgan fingerprint density at radius 3 is 2.49 bits per heavy atom. The van der Waals surface area contributed by atoms with Crippen molar-refractivity contribution in [2.75, 3.05) is 19.4 Å². The first-order valence-electron chi connectivity index (χ1n) is 16.1. The monoisotopic (exact) mass is 690 g/mol. The van der Waals surface area contributed by atoms with E-state index in [4.69, 9.17) is 9.47 Å². The van der Waals surface area contributed by atoms with Gasteiger partial charge in [0.25, 0.3) is 11.8 Å². The van der Waals surface area contributed by atoms with Crippen LogP contribution in [0, 0.1) is 11.3 Å². The fourth-order valence-corrected chi connectivity index (χ4v) is 8.01. The third-order valence-corrected chi connectivity index (χ3v) is 12.6. The molecule has 2 aliphatic carbocycles. The van der Waals surface area contributed by atoms with Gasteiger partial charge in [-0.15, -0.1) is 11.8 Å². The van der Waals surface area contributed by atoms with Gasteiger partial charge in [0.2, 0.25) is 21.8 Å². The van der Waals surface area contributed by atoms with E-state index in [2.05, 4.69) is 15.0 Å². The number of hydrogen-bond donors (Lipinski definition) is 3. The Hall–Kier alpha value is -3.10. The maximum Gasteiger partial charge on any atom is 0.259 e. The number of rotatable bonds is 12. The molecule has 14 heteroatoms. The number of nitrogens with one attached hydrogen (secondary N) is 2. The van der Waals surface area contributed by atoms with Crippen molar-refractivity contribution in [3.63, 3.8) is 0 Å². The molecule has 3 amide bonds. The number of likely N-dealkylation sites (tertiary alicyclic amines) is 1. The number of carbonyl (C=O) groups excluding carboxylic acids is 3. The smallest absolute Gasteiger partial charge is 0.259 e. The van der Waals surface area contributed by atoms with Gasteiger partial charge in [-0.25, -0.2) is 13.4 Å². The number of amides is 3. The van der Waals surface area contributed by atoms with Gasteiger partial charge < -0.3 is 24.8 Å². The molecular weight excluding hydrogens is 645 g/mol. The third kappa shape index (κ3) is 6.78. The summed E-state index contributed by atoms with van der Waals surface area (Å²) in [5.41, 5.74) is -1.52. The minimum absolute atomic E-state index is 0.00317. The highest BCUT2D eigenvalue weighted by molar-refractivity contribution is 7.98. The molecular formula is C33H46N4O8S2. The fraction of sp³-hybridized carbons (Fsp3) is 0.636. The Labute approximate surface area is 280 Å². The summed E-state index contributed by atoms with van der Waals surface area (Å²) < 4.78 is 39.3. The summed E-state index contributed by atoms with van der Waals surface area (Å²) in [6.07, 6.45) is 1.71. The van der Waals surface area contributed by atoms with Crippen molar-refractivity contribution in [2.24, 2.45) is 11.3 Å². The van der Waals surface area contributed by atoms with E-state index in [1.54, 1.807) is 33.8 Å². The second-order valence-corrected chi connectivity index (χ2v) is 17.2. The minimum Gasteiger partial charge on any atom is -0.488 e. The lowest BCUT2D eigenvalue weighted by molar-refractivity contribution is -0.150. The van der Waals surface area contributed by atoms with Gasteiger partial charge in [0, 0.05) is 22.8 Å². The maximum atomic E-state index is 14.1. The van der Waals surface area contributed by atoms with Gasteiger partial charge in [-0.3, -0.25) is 19.1 Å². The molecule has 3 fully saturated rings. The second-order valence-electron chi connectivity index (χ2n) is 14.2. The van der Waals surface area contributed by atoms with Gasteiger partial charge in [-0.05, 0) is 62.8 Å². The van der Waals surface area contributed by atoms with E-state index < -0.39 is 61.7 Å². The van der Waals surface area contributed by atoms with Crippen LogP contribution in [0.15, 0.2) is 29.2 Å². The first-order valence-corrected chi connectivity index (χ1v) is 18.9. The summed E-state index contributed by atoms with van der Waals surface area (Å²) in [6.45, 7) is 10.9. The standard InChI is InChI=1S/C33H46N4O8S2/c1-8-19-17-33(19,30(41)36-47(42,43)32(6)13-14-32)35-28(39)22-15-20(18-37(22)29(40)27(38)31(3,4)5)45-23-16-25(44-9-2)34-26-21(23)11-10-12-24(26)46-7/h10-12,16,19-20,22,27,38H,8-9,13-15,17-18H2,1-7H3,(H,35,39)(H,36,41)/t19-,20-,22-,27-,33-/m1/s1. The molecule has 0 spiro atoms. The summed E-state index contributed by atoms with van der Waals surface area (Å²) in [6, 6.07) is 6.35. The molecule has 47 heavy (non-hydrogen) atoms. The first-order chi connectivity index (χ1) is 22.0. The number of aromatic nitrogens is 1. The number of aliphatic hydroxyl groups is 1. The number of ether oxygens (including phenoxy) is 2. The Morgan fingerprint density at radius 1 is 1.21 bits per heavy atom. The lowest BCUT2D eigenvalue weighted by Crippen LogP contribution is -2.58.